The van der Waals surface area contributed by atoms with Crippen LogP contribution in [0.1, 0.15) is 83.4 Å². The number of benzene rings is 1. The first-order valence-electron chi connectivity index (χ1n) is 17.5. The van der Waals surface area contributed by atoms with E-state index in [0.29, 0.717) is 17.8 Å². The SMILES string of the molecule is CC(C)(O)c1cnnn1[C@H]1C[C@@H](C(=O)NC2(C(=O)C(N)=O)CCOCC2)N(C(=O)[C@@H](CC2CCCCC2)NC(=O)Nc2ccc(S(C)(=O)=O)cc2)C1. The van der Waals surface area contributed by atoms with E-state index >= 15 is 0 Å². The van der Waals surface area contributed by atoms with Crippen molar-refractivity contribution in [3.05, 3.63) is 36.2 Å². The number of rotatable bonds is 12. The molecule has 1 saturated carbocycles. The first-order valence-corrected chi connectivity index (χ1v) is 19.4. The molecule has 2 saturated heterocycles. The Morgan fingerprint density at radius 1 is 1.08 bits per heavy atom. The normalized spacial score (nSPS) is 21.6. The van der Waals surface area contributed by atoms with Crippen LogP contribution in [0.15, 0.2) is 35.4 Å². The Labute approximate surface area is 302 Å². The zero-order valence-corrected chi connectivity index (χ0v) is 30.5. The van der Waals surface area contributed by atoms with Gasteiger partial charge in [0.15, 0.2) is 9.84 Å². The van der Waals surface area contributed by atoms with Crippen LogP contribution in [-0.4, -0.2) is 107 Å². The highest BCUT2D eigenvalue weighted by molar-refractivity contribution is 7.90. The van der Waals surface area contributed by atoms with Crippen LogP contribution in [0, 0.1) is 5.92 Å². The molecule has 52 heavy (non-hydrogen) atoms. The van der Waals surface area contributed by atoms with Crippen molar-refractivity contribution < 1.29 is 42.2 Å². The molecular formula is C34H48N8O9S. The van der Waals surface area contributed by atoms with E-state index in [1.165, 1.54) is 40.0 Å². The molecule has 0 spiro atoms. The number of nitrogens with one attached hydrogen (secondary N) is 3. The van der Waals surface area contributed by atoms with Gasteiger partial charge < -0.3 is 36.4 Å². The molecule has 3 aliphatic rings. The van der Waals surface area contributed by atoms with E-state index in [1.807, 2.05) is 0 Å². The number of ketones is 1. The first kappa shape index (κ1) is 38.8. The third kappa shape index (κ3) is 8.95. The Hall–Kier alpha value is -4.42. The molecule has 18 heteroatoms. The number of nitrogens with two attached hydrogens (primary N) is 1. The van der Waals surface area contributed by atoms with E-state index in [1.54, 1.807) is 13.8 Å². The first-order chi connectivity index (χ1) is 24.5. The number of amides is 5. The number of hydrogen-bond donors (Lipinski definition) is 5. The largest absolute Gasteiger partial charge is 0.384 e. The van der Waals surface area contributed by atoms with Crippen molar-refractivity contribution in [3.63, 3.8) is 0 Å². The van der Waals surface area contributed by atoms with Crippen LogP contribution >= 0.6 is 0 Å². The van der Waals surface area contributed by atoms with Gasteiger partial charge in [0.2, 0.25) is 17.6 Å². The number of aromatic nitrogens is 3. The number of anilines is 1. The van der Waals surface area contributed by atoms with E-state index in [-0.39, 0.29) is 49.8 Å². The van der Waals surface area contributed by atoms with Crippen LogP contribution in [0.5, 0.6) is 0 Å². The maximum Gasteiger partial charge on any atom is 0.319 e. The maximum atomic E-state index is 14.7. The summed E-state index contributed by atoms with van der Waals surface area (Å²) in [6.07, 6.45) is 7.57. The minimum atomic E-state index is -3.45. The number of carbonyl (C=O) groups excluding carboxylic acids is 5. The van der Waals surface area contributed by atoms with Crippen molar-refractivity contribution in [2.45, 2.75) is 106 Å². The highest BCUT2D eigenvalue weighted by atomic mass is 32.2. The number of likely N-dealkylation sites (tertiary alicyclic amines) is 1. The number of primary amides is 1. The zero-order valence-electron chi connectivity index (χ0n) is 29.7. The molecule has 0 bridgehead atoms. The summed E-state index contributed by atoms with van der Waals surface area (Å²) in [6, 6.07) is 2.05. The van der Waals surface area contributed by atoms with Crippen molar-refractivity contribution in [2.75, 3.05) is 31.3 Å². The number of urea groups is 1. The molecule has 2 aliphatic heterocycles. The minimum absolute atomic E-state index is 0.00767. The second-order valence-corrected chi connectivity index (χ2v) is 16.6. The van der Waals surface area contributed by atoms with E-state index < -0.39 is 68.6 Å². The van der Waals surface area contributed by atoms with Gasteiger partial charge >= 0.3 is 6.03 Å². The minimum Gasteiger partial charge on any atom is -0.384 e. The Morgan fingerprint density at radius 3 is 2.33 bits per heavy atom. The average Bonchev–Trinajstić information content (AvgIpc) is 3.77. The lowest BCUT2D eigenvalue weighted by molar-refractivity contribution is -0.147. The molecule has 5 amide bonds. The van der Waals surface area contributed by atoms with Crippen molar-refractivity contribution in [1.82, 2.24) is 30.5 Å². The molecular weight excluding hydrogens is 696 g/mol. The molecule has 1 aromatic heterocycles. The fourth-order valence-corrected chi connectivity index (χ4v) is 8.04. The highest BCUT2D eigenvalue weighted by Gasteiger charge is 2.49. The van der Waals surface area contributed by atoms with Gasteiger partial charge in [0.1, 0.15) is 23.2 Å². The van der Waals surface area contributed by atoms with Gasteiger partial charge in [0, 0.05) is 51.0 Å². The van der Waals surface area contributed by atoms with Gasteiger partial charge in [-0.15, -0.1) is 5.10 Å². The summed E-state index contributed by atoms with van der Waals surface area (Å²) in [4.78, 5) is 68.9. The molecule has 0 unspecified atom stereocenters. The number of nitrogens with zero attached hydrogens (tertiary/aromatic N) is 4. The molecule has 5 rings (SSSR count). The number of hydrogen-bond acceptors (Lipinski definition) is 11. The standard InChI is InChI=1S/C34H48N8O9S/c1-33(2,48)27-19-36-40-42(27)23-18-26(30(45)39-34(28(43)29(35)44)13-15-51-16-14-34)41(20-23)31(46)25(17-21-7-5-4-6-8-21)38-32(47)37-22-9-11-24(12-10-22)52(3,49)50/h9-12,19,21,23,25-26,48H,4-8,13-18,20H2,1-3H3,(H2,35,44)(H,39,45)(H2,37,38,47)/t23-,25+,26-/m0/s1. The molecule has 1 aliphatic carbocycles. The Balaban J connectivity index is 1.45. The van der Waals surface area contributed by atoms with Gasteiger partial charge in [-0.2, -0.15) is 0 Å². The average molecular weight is 745 g/mol. The summed E-state index contributed by atoms with van der Waals surface area (Å²) in [6.45, 7) is 3.28. The summed E-state index contributed by atoms with van der Waals surface area (Å²) in [5.74, 6) is -3.27. The molecule has 284 valence electrons. The lowest BCUT2D eigenvalue weighted by Gasteiger charge is -2.37. The summed E-state index contributed by atoms with van der Waals surface area (Å²) in [5, 5.41) is 27.2. The van der Waals surface area contributed by atoms with Crippen LogP contribution in [0.2, 0.25) is 0 Å². The van der Waals surface area contributed by atoms with Crippen molar-refractivity contribution in [1.29, 1.82) is 0 Å². The molecule has 2 aromatic rings. The number of carbonyl (C=O) groups is 5. The number of ether oxygens (including phenoxy) is 1. The van der Waals surface area contributed by atoms with Crippen LogP contribution in [0.3, 0.4) is 0 Å². The van der Waals surface area contributed by atoms with E-state index in [2.05, 4.69) is 26.3 Å². The highest BCUT2D eigenvalue weighted by Crippen LogP contribution is 2.34. The van der Waals surface area contributed by atoms with E-state index in [9.17, 15) is 37.5 Å². The van der Waals surface area contributed by atoms with Crippen LogP contribution < -0.4 is 21.7 Å². The Morgan fingerprint density at radius 2 is 1.73 bits per heavy atom. The van der Waals surface area contributed by atoms with Gasteiger partial charge in [-0.1, -0.05) is 37.3 Å². The zero-order chi connectivity index (χ0) is 37.8. The van der Waals surface area contributed by atoms with Gasteiger partial charge in [0.25, 0.3) is 5.91 Å². The van der Waals surface area contributed by atoms with Gasteiger partial charge in [-0.3, -0.25) is 19.2 Å². The van der Waals surface area contributed by atoms with Gasteiger partial charge in [-0.05, 0) is 50.5 Å². The molecule has 3 heterocycles. The van der Waals surface area contributed by atoms with Crippen molar-refractivity contribution in [3.8, 4) is 0 Å². The van der Waals surface area contributed by atoms with Crippen molar-refractivity contribution >= 4 is 45.1 Å². The molecule has 1 aromatic carbocycles. The summed E-state index contributed by atoms with van der Waals surface area (Å²) in [5.41, 5.74) is 3.08. The van der Waals surface area contributed by atoms with Crippen LogP contribution in [0.4, 0.5) is 10.5 Å². The molecule has 3 fully saturated rings. The van der Waals surface area contributed by atoms with Gasteiger partial charge in [-0.25, -0.2) is 17.9 Å². The lowest BCUT2D eigenvalue weighted by Crippen LogP contribution is -2.64. The third-order valence-corrected chi connectivity index (χ3v) is 11.3. The van der Waals surface area contributed by atoms with Crippen LogP contribution in [-0.2, 0) is 39.4 Å². The number of sulfone groups is 1. The van der Waals surface area contributed by atoms with E-state index in [0.717, 1.165) is 38.4 Å². The molecule has 6 N–H and O–H groups in total. The predicted molar refractivity (Wildman–Crippen MR) is 186 cm³/mol. The predicted octanol–water partition coefficient (Wildman–Crippen LogP) is 0.932. The quantitative estimate of drug-likeness (QED) is 0.191. The molecule has 17 nitrogen and oxygen atoms in total. The summed E-state index contributed by atoms with van der Waals surface area (Å²) >= 11 is 0. The number of Topliss-reactive ketones (excluding diaryl/α,β-unsaturated/α-hetero) is 1. The van der Waals surface area contributed by atoms with Gasteiger partial charge in [0.05, 0.1) is 22.8 Å². The third-order valence-electron chi connectivity index (χ3n) is 10.2. The monoisotopic (exact) mass is 744 g/mol. The topological polar surface area (TPSA) is 245 Å². The van der Waals surface area contributed by atoms with E-state index in [4.69, 9.17) is 10.5 Å². The summed E-state index contributed by atoms with van der Waals surface area (Å²) < 4.78 is 30.7. The summed E-state index contributed by atoms with van der Waals surface area (Å²) in [7, 11) is -3.45. The molecule has 3 atom stereocenters. The number of aliphatic hydroxyl groups is 1. The van der Waals surface area contributed by atoms with Crippen LogP contribution in [0.25, 0.3) is 0 Å². The van der Waals surface area contributed by atoms with Crippen molar-refractivity contribution in [2.24, 2.45) is 11.7 Å². The second kappa shape index (κ2) is 15.7. The second-order valence-electron chi connectivity index (χ2n) is 14.6. The fraction of sp³-hybridized carbons (Fsp3) is 0.618. The lowest BCUT2D eigenvalue weighted by atomic mass is 9.84. The smallest absolute Gasteiger partial charge is 0.319 e. The Bertz CT molecular complexity index is 1760. The fourth-order valence-electron chi connectivity index (χ4n) is 7.41. The Kier molecular flexibility index (Phi) is 11.7. The maximum absolute atomic E-state index is 14.7. The molecule has 0 radical (unpaired) electrons.